The highest BCUT2D eigenvalue weighted by atomic mass is 32.2. The molecule has 0 saturated carbocycles. The van der Waals surface area contributed by atoms with Gasteiger partial charge >= 0.3 is 11.9 Å². The molecule has 1 amide bonds. The molecule has 2 rings (SSSR count). The lowest BCUT2D eigenvalue weighted by Gasteiger charge is -2.31. The summed E-state index contributed by atoms with van der Waals surface area (Å²) in [4.78, 5) is 35.1. The number of carboxylic acid groups (broad SMARTS) is 2. The number of benzene rings is 1. The van der Waals surface area contributed by atoms with Crippen molar-refractivity contribution >= 4 is 29.6 Å². The highest BCUT2D eigenvalue weighted by molar-refractivity contribution is 8.00. The lowest BCUT2D eigenvalue weighted by molar-refractivity contribution is -0.142. The van der Waals surface area contributed by atoms with Crippen LogP contribution in [0.4, 0.5) is 0 Å². The van der Waals surface area contributed by atoms with Gasteiger partial charge in [-0.1, -0.05) is 30.3 Å². The normalized spacial score (nSPS) is 19.5. The number of nitrogens with one attached hydrogen (secondary N) is 2. The highest BCUT2D eigenvalue weighted by Gasteiger charge is 2.35. The molecular formula is C16H19N3O5S. The standard InChI is InChI=1S/C16H19N3O5S/c1-8-7-25-14(19-11(8)15(21)22)12(16(23)24)18-13(20)10(17)9-5-3-2-4-6-9/h2-6,10,12,14,19H,7,17H2,1H3,(H,18,20)(H,21,22)(H,23,24)/t10-,12?,14-/m1/s1. The molecule has 1 heterocycles. The van der Waals surface area contributed by atoms with Crippen molar-refractivity contribution in [1.82, 2.24) is 10.6 Å². The zero-order valence-corrected chi connectivity index (χ0v) is 14.2. The molecule has 0 bridgehead atoms. The Balaban J connectivity index is 2.13. The van der Waals surface area contributed by atoms with Gasteiger partial charge in [0.2, 0.25) is 5.91 Å². The second-order valence-corrected chi connectivity index (χ2v) is 6.68. The zero-order valence-electron chi connectivity index (χ0n) is 13.4. The highest BCUT2D eigenvalue weighted by Crippen LogP contribution is 2.25. The van der Waals surface area contributed by atoms with E-state index in [0.29, 0.717) is 16.9 Å². The lowest BCUT2D eigenvalue weighted by atomic mass is 10.1. The summed E-state index contributed by atoms with van der Waals surface area (Å²) in [7, 11) is 0. The van der Waals surface area contributed by atoms with Crippen LogP contribution in [0.5, 0.6) is 0 Å². The number of rotatable bonds is 6. The van der Waals surface area contributed by atoms with Crippen molar-refractivity contribution in [2.75, 3.05) is 5.75 Å². The maximum atomic E-state index is 12.3. The summed E-state index contributed by atoms with van der Waals surface area (Å²) in [5.74, 6) is -2.74. The largest absolute Gasteiger partial charge is 0.480 e. The van der Waals surface area contributed by atoms with Crippen LogP contribution >= 0.6 is 11.8 Å². The fourth-order valence-corrected chi connectivity index (χ4v) is 3.49. The van der Waals surface area contributed by atoms with Crippen molar-refractivity contribution < 1.29 is 24.6 Å². The first-order valence-corrected chi connectivity index (χ1v) is 8.51. The maximum absolute atomic E-state index is 12.3. The maximum Gasteiger partial charge on any atom is 0.351 e. The van der Waals surface area contributed by atoms with Gasteiger partial charge in [-0.25, -0.2) is 9.59 Å². The van der Waals surface area contributed by atoms with Crippen molar-refractivity contribution in [2.24, 2.45) is 5.73 Å². The van der Waals surface area contributed by atoms with Crippen molar-refractivity contribution in [2.45, 2.75) is 24.4 Å². The van der Waals surface area contributed by atoms with Gasteiger partial charge in [-0.15, -0.1) is 11.8 Å². The lowest BCUT2D eigenvalue weighted by Crippen LogP contribution is -2.55. The molecule has 0 spiro atoms. The van der Waals surface area contributed by atoms with Gasteiger partial charge in [0.05, 0.1) is 0 Å². The average Bonchev–Trinajstić information content (AvgIpc) is 2.59. The second-order valence-electron chi connectivity index (χ2n) is 5.55. The number of carbonyl (C=O) groups excluding carboxylic acids is 1. The minimum Gasteiger partial charge on any atom is -0.480 e. The van der Waals surface area contributed by atoms with Gasteiger partial charge in [-0.05, 0) is 18.1 Å². The Labute approximate surface area is 148 Å². The van der Waals surface area contributed by atoms with Crippen LogP contribution in [-0.4, -0.2) is 45.2 Å². The minimum atomic E-state index is -1.32. The summed E-state index contributed by atoms with van der Waals surface area (Å²) in [5.41, 5.74) is 6.99. The van der Waals surface area contributed by atoms with Crippen LogP contribution in [0.25, 0.3) is 0 Å². The van der Waals surface area contributed by atoms with Crippen LogP contribution in [0, 0.1) is 0 Å². The summed E-state index contributed by atoms with van der Waals surface area (Å²) in [6.07, 6.45) is 0. The van der Waals surface area contributed by atoms with E-state index in [1.807, 2.05) is 0 Å². The van der Waals surface area contributed by atoms with Gasteiger partial charge in [0.1, 0.15) is 17.1 Å². The molecular weight excluding hydrogens is 346 g/mol. The molecule has 0 fully saturated rings. The predicted octanol–water partition coefficient (Wildman–Crippen LogP) is 0.277. The van der Waals surface area contributed by atoms with E-state index < -0.39 is 35.3 Å². The van der Waals surface area contributed by atoms with Crippen molar-refractivity contribution in [1.29, 1.82) is 0 Å². The summed E-state index contributed by atoms with van der Waals surface area (Å²) >= 11 is 1.21. The first-order valence-electron chi connectivity index (χ1n) is 7.46. The quantitative estimate of drug-likeness (QED) is 0.484. The van der Waals surface area contributed by atoms with Crippen LogP contribution < -0.4 is 16.4 Å². The number of amides is 1. The number of hydrogen-bond acceptors (Lipinski definition) is 6. The third-order valence-corrected chi connectivity index (χ3v) is 5.06. The monoisotopic (exact) mass is 365 g/mol. The molecule has 8 nitrogen and oxygen atoms in total. The Morgan fingerprint density at radius 2 is 1.92 bits per heavy atom. The van der Waals surface area contributed by atoms with Gasteiger partial charge in [0.15, 0.2) is 6.04 Å². The molecule has 1 unspecified atom stereocenters. The Morgan fingerprint density at radius 1 is 1.28 bits per heavy atom. The Hall–Kier alpha value is -2.52. The van der Waals surface area contributed by atoms with Crippen LogP contribution in [0.15, 0.2) is 41.6 Å². The van der Waals surface area contributed by atoms with Crippen LogP contribution in [0.2, 0.25) is 0 Å². The molecule has 0 saturated heterocycles. The molecule has 1 aromatic carbocycles. The number of nitrogens with two attached hydrogens (primary N) is 1. The van der Waals surface area contributed by atoms with Crippen LogP contribution in [0.3, 0.4) is 0 Å². The first kappa shape index (κ1) is 18.8. The Morgan fingerprint density at radius 3 is 2.48 bits per heavy atom. The number of aliphatic carboxylic acids is 2. The van der Waals surface area contributed by atoms with E-state index in [1.165, 1.54) is 11.8 Å². The minimum absolute atomic E-state index is 0.0448. The van der Waals surface area contributed by atoms with E-state index in [-0.39, 0.29) is 5.70 Å². The smallest absolute Gasteiger partial charge is 0.351 e. The SMILES string of the molecule is CC1=C(C(=O)O)N[C@@H](C(NC(=O)[C@H](N)c2ccccc2)C(=O)O)SC1. The molecule has 0 aliphatic carbocycles. The Bertz CT molecular complexity index is 707. The Kier molecular flexibility index (Phi) is 6.05. The second kappa shape index (κ2) is 8.04. The molecule has 134 valence electrons. The number of hydrogen-bond donors (Lipinski definition) is 5. The molecule has 1 aliphatic rings. The first-order chi connectivity index (χ1) is 11.8. The van der Waals surface area contributed by atoms with Crippen LogP contribution in [0.1, 0.15) is 18.5 Å². The van der Waals surface area contributed by atoms with Crippen molar-refractivity contribution in [3.8, 4) is 0 Å². The summed E-state index contributed by atoms with van der Waals surface area (Å²) in [6.45, 7) is 1.65. The van der Waals surface area contributed by atoms with E-state index in [1.54, 1.807) is 37.3 Å². The number of carbonyl (C=O) groups is 3. The summed E-state index contributed by atoms with van der Waals surface area (Å²) in [5, 5.41) is 22.9. The molecule has 25 heavy (non-hydrogen) atoms. The van der Waals surface area contributed by atoms with Gasteiger partial charge in [0, 0.05) is 5.75 Å². The third kappa shape index (κ3) is 4.52. The van der Waals surface area contributed by atoms with E-state index in [2.05, 4.69) is 10.6 Å². The van der Waals surface area contributed by atoms with Crippen LogP contribution in [-0.2, 0) is 14.4 Å². The molecule has 1 aromatic rings. The molecule has 0 aromatic heterocycles. The molecule has 6 N–H and O–H groups in total. The van der Waals surface area contributed by atoms with Gasteiger partial charge in [-0.3, -0.25) is 4.79 Å². The predicted molar refractivity (Wildman–Crippen MR) is 92.7 cm³/mol. The van der Waals surface area contributed by atoms with Gasteiger partial charge in [-0.2, -0.15) is 0 Å². The molecule has 3 atom stereocenters. The third-order valence-electron chi connectivity index (χ3n) is 3.71. The van der Waals surface area contributed by atoms with Crippen molar-refractivity contribution in [3.05, 3.63) is 47.2 Å². The summed E-state index contributed by atoms with van der Waals surface area (Å²) < 4.78 is 0. The van der Waals surface area contributed by atoms with E-state index in [4.69, 9.17) is 5.73 Å². The fourth-order valence-electron chi connectivity index (χ4n) is 2.34. The van der Waals surface area contributed by atoms with Gasteiger partial charge < -0.3 is 26.6 Å². The van der Waals surface area contributed by atoms with E-state index in [0.717, 1.165) is 0 Å². The fraction of sp³-hybridized carbons (Fsp3) is 0.312. The van der Waals surface area contributed by atoms with E-state index >= 15 is 0 Å². The van der Waals surface area contributed by atoms with E-state index in [9.17, 15) is 24.6 Å². The summed E-state index contributed by atoms with van der Waals surface area (Å²) in [6, 6.07) is 6.22. The molecule has 9 heteroatoms. The number of carboxylic acids is 2. The van der Waals surface area contributed by atoms with Gasteiger partial charge in [0.25, 0.3) is 0 Å². The topological polar surface area (TPSA) is 142 Å². The number of thioether (sulfide) groups is 1. The average molecular weight is 365 g/mol. The van der Waals surface area contributed by atoms with Crippen molar-refractivity contribution in [3.63, 3.8) is 0 Å². The molecule has 1 aliphatic heterocycles. The molecule has 0 radical (unpaired) electrons. The zero-order chi connectivity index (χ0) is 18.6.